The van der Waals surface area contributed by atoms with Crippen LogP contribution in [0, 0.1) is 0 Å². The van der Waals surface area contributed by atoms with Crippen LogP contribution < -0.4 is 11.5 Å². The summed E-state index contributed by atoms with van der Waals surface area (Å²) in [6.07, 6.45) is 1.23. The van der Waals surface area contributed by atoms with Crippen LogP contribution in [0.5, 0.6) is 0 Å². The second-order valence-electron chi connectivity index (χ2n) is 5.74. The van der Waals surface area contributed by atoms with Gasteiger partial charge in [-0.15, -0.1) is 0 Å². The van der Waals surface area contributed by atoms with Gasteiger partial charge in [0.05, 0.1) is 17.3 Å². The molecule has 1 fully saturated rings. The smallest absolute Gasteiger partial charge is 0.233 e. The van der Waals surface area contributed by atoms with Gasteiger partial charge >= 0.3 is 0 Å². The summed E-state index contributed by atoms with van der Waals surface area (Å²) in [5.74, 6) is 0.0969. The summed E-state index contributed by atoms with van der Waals surface area (Å²) < 4.78 is 23.5. The summed E-state index contributed by atoms with van der Waals surface area (Å²) in [6, 6.07) is -0.309. The molecule has 1 saturated heterocycles. The molecule has 0 saturated carbocycles. The molecule has 0 spiro atoms. The molecule has 2 rings (SSSR count). The molecule has 134 valence electrons. The van der Waals surface area contributed by atoms with E-state index in [0.29, 0.717) is 6.42 Å². The predicted octanol–water partition coefficient (Wildman–Crippen LogP) is -0.0577. The number of aromatic nitrogens is 3. The second-order valence-corrected chi connectivity index (χ2v) is 8.91. The Morgan fingerprint density at radius 1 is 1.33 bits per heavy atom. The van der Waals surface area contributed by atoms with Crippen LogP contribution in [0.1, 0.15) is 26.7 Å². The standard InChI is InChI=1S/C13H22N6O3S2/c1-3-8(2)19(9-4-5-24(21,22)7-9)10(20)6-23-13-17-11(14)16-12(15)18-13/h8-9H,3-7H2,1-2H3,(H4,14,15,16,17,18)/t8-,9-/m1/s1. The number of hydrogen-bond donors (Lipinski definition) is 2. The summed E-state index contributed by atoms with van der Waals surface area (Å²) in [4.78, 5) is 25.9. The number of nitrogens with two attached hydrogens (primary N) is 2. The normalized spacial score (nSPS) is 20.7. The minimum absolute atomic E-state index is 0.00174. The lowest BCUT2D eigenvalue weighted by molar-refractivity contribution is -0.132. The number of carbonyl (C=O) groups is 1. The molecular formula is C13H22N6O3S2. The lowest BCUT2D eigenvalue weighted by Crippen LogP contribution is -2.47. The number of hydrogen-bond acceptors (Lipinski definition) is 9. The van der Waals surface area contributed by atoms with Crippen molar-refractivity contribution in [2.75, 3.05) is 28.7 Å². The molecule has 11 heteroatoms. The van der Waals surface area contributed by atoms with E-state index in [2.05, 4.69) is 15.0 Å². The Labute approximate surface area is 145 Å². The first-order valence-corrected chi connectivity index (χ1v) is 10.4. The summed E-state index contributed by atoms with van der Waals surface area (Å²) in [7, 11) is -3.06. The highest BCUT2D eigenvalue weighted by Gasteiger charge is 2.36. The second kappa shape index (κ2) is 7.51. The van der Waals surface area contributed by atoms with Crippen LogP contribution >= 0.6 is 11.8 Å². The molecule has 2 atom stereocenters. The van der Waals surface area contributed by atoms with Gasteiger partial charge in [0, 0.05) is 12.1 Å². The zero-order valence-corrected chi connectivity index (χ0v) is 15.3. The zero-order valence-electron chi connectivity index (χ0n) is 13.7. The minimum Gasteiger partial charge on any atom is -0.368 e. The highest BCUT2D eigenvalue weighted by atomic mass is 32.2. The number of thioether (sulfide) groups is 1. The van der Waals surface area contributed by atoms with Crippen LogP contribution in [0.15, 0.2) is 5.16 Å². The Morgan fingerprint density at radius 3 is 2.46 bits per heavy atom. The van der Waals surface area contributed by atoms with E-state index in [1.165, 1.54) is 0 Å². The van der Waals surface area contributed by atoms with Gasteiger partial charge in [0.1, 0.15) is 0 Å². The molecule has 1 aromatic heterocycles. The molecule has 1 aliphatic heterocycles. The molecule has 0 aromatic carbocycles. The predicted molar refractivity (Wildman–Crippen MR) is 93.0 cm³/mol. The molecule has 9 nitrogen and oxygen atoms in total. The first-order chi connectivity index (χ1) is 11.2. The Balaban J connectivity index is 2.08. The summed E-state index contributed by atoms with van der Waals surface area (Å²) >= 11 is 1.11. The van der Waals surface area contributed by atoms with Gasteiger partial charge in [-0.3, -0.25) is 4.79 Å². The van der Waals surface area contributed by atoms with E-state index in [1.807, 2.05) is 13.8 Å². The van der Waals surface area contributed by atoms with E-state index < -0.39 is 9.84 Å². The molecule has 1 amide bonds. The first kappa shape index (κ1) is 18.7. The number of carbonyl (C=O) groups excluding carboxylic acids is 1. The molecular weight excluding hydrogens is 352 g/mol. The number of anilines is 2. The average molecular weight is 374 g/mol. The quantitative estimate of drug-likeness (QED) is 0.654. The number of nitrogens with zero attached hydrogens (tertiary/aromatic N) is 4. The van der Waals surface area contributed by atoms with Gasteiger partial charge < -0.3 is 16.4 Å². The van der Waals surface area contributed by atoms with Crippen molar-refractivity contribution in [1.82, 2.24) is 19.9 Å². The molecule has 1 aromatic rings. The van der Waals surface area contributed by atoms with Crippen LogP contribution in [0.2, 0.25) is 0 Å². The highest BCUT2D eigenvalue weighted by Crippen LogP contribution is 2.23. The van der Waals surface area contributed by atoms with Crippen LogP contribution in [0.25, 0.3) is 0 Å². The van der Waals surface area contributed by atoms with Crippen molar-refractivity contribution in [2.45, 2.75) is 43.9 Å². The van der Waals surface area contributed by atoms with E-state index in [0.717, 1.165) is 18.2 Å². The van der Waals surface area contributed by atoms with Crippen molar-refractivity contribution in [3.8, 4) is 0 Å². The maximum Gasteiger partial charge on any atom is 0.233 e. The molecule has 1 aliphatic rings. The molecule has 2 heterocycles. The summed E-state index contributed by atoms with van der Waals surface area (Å²) in [5, 5.41) is 0.275. The van der Waals surface area contributed by atoms with Crippen molar-refractivity contribution < 1.29 is 13.2 Å². The third-order valence-electron chi connectivity index (χ3n) is 3.93. The number of rotatable bonds is 6. The average Bonchev–Trinajstić information content (AvgIpc) is 2.84. The van der Waals surface area contributed by atoms with Gasteiger partial charge in [-0.25, -0.2) is 8.42 Å². The monoisotopic (exact) mass is 374 g/mol. The number of amides is 1. The van der Waals surface area contributed by atoms with E-state index in [-0.39, 0.29) is 52.3 Å². The SMILES string of the molecule is CC[C@@H](C)N(C(=O)CSc1nc(N)nc(N)n1)[C@@H]1CCS(=O)(=O)C1. The van der Waals surface area contributed by atoms with Gasteiger partial charge in [0.2, 0.25) is 17.8 Å². The molecule has 0 aliphatic carbocycles. The first-order valence-electron chi connectivity index (χ1n) is 7.63. The van der Waals surface area contributed by atoms with Crippen molar-refractivity contribution in [3.63, 3.8) is 0 Å². The zero-order chi connectivity index (χ0) is 17.9. The van der Waals surface area contributed by atoms with Gasteiger partial charge in [-0.2, -0.15) is 15.0 Å². The van der Waals surface area contributed by atoms with Crippen molar-refractivity contribution >= 4 is 39.4 Å². The van der Waals surface area contributed by atoms with E-state index >= 15 is 0 Å². The Bertz CT molecular complexity index is 691. The summed E-state index contributed by atoms with van der Waals surface area (Å²) in [5.41, 5.74) is 11.0. The molecule has 0 radical (unpaired) electrons. The third kappa shape index (κ3) is 4.69. The maximum atomic E-state index is 12.7. The fourth-order valence-electron chi connectivity index (χ4n) is 2.65. The van der Waals surface area contributed by atoms with Gasteiger partial charge in [0.15, 0.2) is 15.0 Å². The number of nitrogen functional groups attached to an aromatic ring is 2. The molecule has 0 bridgehead atoms. The molecule has 4 N–H and O–H groups in total. The summed E-state index contributed by atoms with van der Waals surface area (Å²) in [6.45, 7) is 3.89. The fraction of sp³-hybridized carbons (Fsp3) is 0.692. The Hall–Kier alpha value is -1.62. The van der Waals surface area contributed by atoms with Gasteiger partial charge in [-0.1, -0.05) is 18.7 Å². The minimum atomic E-state index is -3.06. The largest absolute Gasteiger partial charge is 0.368 e. The van der Waals surface area contributed by atoms with Crippen molar-refractivity contribution in [2.24, 2.45) is 0 Å². The highest BCUT2D eigenvalue weighted by molar-refractivity contribution is 7.99. The lowest BCUT2D eigenvalue weighted by atomic mass is 10.1. The Morgan fingerprint density at radius 2 is 1.96 bits per heavy atom. The topological polar surface area (TPSA) is 145 Å². The van der Waals surface area contributed by atoms with E-state index in [1.54, 1.807) is 4.90 Å². The van der Waals surface area contributed by atoms with Crippen LogP contribution in [0.3, 0.4) is 0 Å². The fourth-order valence-corrected chi connectivity index (χ4v) is 5.08. The molecule has 0 unspecified atom stereocenters. The van der Waals surface area contributed by atoms with Gasteiger partial charge in [0.25, 0.3) is 0 Å². The van der Waals surface area contributed by atoms with Crippen LogP contribution in [-0.4, -0.2) is 63.5 Å². The number of sulfone groups is 1. The Kier molecular flexibility index (Phi) is 5.86. The maximum absolute atomic E-state index is 12.7. The lowest BCUT2D eigenvalue weighted by Gasteiger charge is -2.33. The van der Waals surface area contributed by atoms with Crippen LogP contribution in [-0.2, 0) is 14.6 Å². The van der Waals surface area contributed by atoms with Crippen molar-refractivity contribution in [3.05, 3.63) is 0 Å². The molecule has 24 heavy (non-hydrogen) atoms. The van der Waals surface area contributed by atoms with Crippen LogP contribution in [0.4, 0.5) is 11.9 Å². The van der Waals surface area contributed by atoms with E-state index in [9.17, 15) is 13.2 Å². The van der Waals surface area contributed by atoms with Crippen molar-refractivity contribution in [1.29, 1.82) is 0 Å². The van der Waals surface area contributed by atoms with E-state index in [4.69, 9.17) is 11.5 Å². The third-order valence-corrected chi connectivity index (χ3v) is 6.51. The van der Waals surface area contributed by atoms with Gasteiger partial charge in [-0.05, 0) is 19.8 Å².